The number of benzene rings is 1. The summed E-state index contributed by atoms with van der Waals surface area (Å²) in [5, 5.41) is 0.860. The highest BCUT2D eigenvalue weighted by molar-refractivity contribution is 6.42. The maximum absolute atomic E-state index is 12.1. The van der Waals surface area contributed by atoms with Crippen LogP contribution in [0.2, 0.25) is 10.0 Å². The lowest BCUT2D eigenvalue weighted by molar-refractivity contribution is 0.677. The van der Waals surface area contributed by atoms with Gasteiger partial charge >= 0.3 is 5.69 Å². The number of hydrazine groups is 1. The number of anilines is 1. The van der Waals surface area contributed by atoms with E-state index in [-0.39, 0.29) is 11.6 Å². The maximum atomic E-state index is 12.1. The molecule has 0 aliphatic carbocycles. The Morgan fingerprint density at radius 2 is 1.95 bits per heavy atom. The largest absolute Gasteiger partial charge is 0.352 e. The third kappa shape index (κ3) is 3.76. The van der Waals surface area contributed by atoms with Crippen molar-refractivity contribution in [1.82, 2.24) is 20.0 Å². The Morgan fingerprint density at radius 3 is 2.59 bits per heavy atom. The Kier molecular flexibility index (Phi) is 5.76. The van der Waals surface area contributed by atoms with Gasteiger partial charge in [-0.25, -0.2) is 10.2 Å². The number of nitrogens with zero attached hydrogens (tertiary/aromatic N) is 3. The van der Waals surface area contributed by atoms with Crippen LogP contribution in [0, 0.1) is 0 Å². The first-order valence-electron chi connectivity index (χ1n) is 7.00. The Hall–Kier alpha value is -1.63. The van der Waals surface area contributed by atoms with E-state index in [4.69, 9.17) is 23.2 Å². The van der Waals surface area contributed by atoms with Gasteiger partial charge in [0.2, 0.25) is 5.95 Å². The van der Waals surface area contributed by atoms with Crippen LogP contribution in [-0.2, 0) is 6.54 Å². The molecule has 1 aromatic carbocycles. The summed E-state index contributed by atoms with van der Waals surface area (Å²) in [7, 11) is 0. The van der Waals surface area contributed by atoms with Crippen LogP contribution in [-0.4, -0.2) is 21.1 Å². The highest BCUT2D eigenvalue weighted by Gasteiger charge is 2.12. The van der Waals surface area contributed by atoms with Crippen LogP contribution in [0.4, 0.5) is 5.95 Å². The molecule has 0 saturated carbocycles. The van der Waals surface area contributed by atoms with Crippen molar-refractivity contribution in [3.8, 4) is 11.4 Å². The fourth-order valence-corrected chi connectivity index (χ4v) is 2.19. The van der Waals surface area contributed by atoms with Gasteiger partial charge in [-0.15, -0.1) is 0 Å². The smallest absolute Gasteiger partial charge is 0.289 e. The minimum atomic E-state index is -0.376. The highest BCUT2D eigenvalue weighted by Crippen LogP contribution is 2.27. The zero-order valence-electron chi connectivity index (χ0n) is 12.4. The average Bonchev–Trinajstić information content (AvgIpc) is 2.50. The van der Waals surface area contributed by atoms with Gasteiger partial charge in [0.15, 0.2) is 0 Å². The van der Waals surface area contributed by atoms with Gasteiger partial charge in [-0.2, -0.15) is 9.97 Å². The van der Waals surface area contributed by atoms with E-state index >= 15 is 0 Å². The third-order valence-electron chi connectivity index (χ3n) is 2.97. The maximum Gasteiger partial charge on any atom is 0.352 e. The van der Waals surface area contributed by atoms with Gasteiger partial charge in [-0.1, -0.05) is 30.1 Å². The normalized spacial score (nSPS) is 10.7. The second kappa shape index (κ2) is 7.58. The molecule has 0 bridgehead atoms. The molecule has 0 fully saturated rings. The van der Waals surface area contributed by atoms with E-state index in [9.17, 15) is 4.79 Å². The Labute approximate surface area is 138 Å². The zero-order chi connectivity index (χ0) is 16.1. The standard InChI is InChI=1S/C14H17Cl2N5O/c1-3-7-17-20-13-18-12(21(4-2)14(22)19-13)9-5-6-10(15)11(16)8-9/h5-6,8,17H,3-4,7H2,1-2H3,(H,19,20,22). The predicted molar refractivity (Wildman–Crippen MR) is 89.3 cm³/mol. The van der Waals surface area contributed by atoms with Crippen LogP contribution >= 0.6 is 23.2 Å². The SMILES string of the molecule is CCCNNc1nc(-c2ccc(Cl)c(Cl)c2)n(CC)c(=O)n1. The van der Waals surface area contributed by atoms with Gasteiger partial charge in [0.05, 0.1) is 10.0 Å². The first-order chi connectivity index (χ1) is 10.6. The molecule has 0 spiro atoms. The summed E-state index contributed by atoms with van der Waals surface area (Å²) in [6.45, 7) is 5.08. The average molecular weight is 342 g/mol. The fraction of sp³-hybridized carbons (Fsp3) is 0.357. The quantitative estimate of drug-likeness (QED) is 0.624. The van der Waals surface area contributed by atoms with Gasteiger partial charge in [0.25, 0.3) is 0 Å². The molecule has 118 valence electrons. The number of halogens is 2. The van der Waals surface area contributed by atoms with E-state index in [1.54, 1.807) is 18.2 Å². The van der Waals surface area contributed by atoms with Gasteiger partial charge in [-0.3, -0.25) is 9.99 Å². The van der Waals surface area contributed by atoms with Crippen molar-refractivity contribution in [1.29, 1.82) is 0 Å². The Bertz CT molecular complexity index is 717. The third-order valence-corrected chi connectivity index (χ3v) is 3.71. The summed E-state index contributed by atoms with van der Waals surface area (Å²) in [5.41, 5.74) is 6.10. The second-order valence-corrected chi connectivity index (χ2v) is 5.39. The lowest BCUT2D eigenvalue weighted by atomic mass is 10.2. The summed E-state index contributed by atoms with van der Waals surface area (Å²) in [6.07, 6.45) is 0.943. The van der Waals surface area contributed by atoms with Crippen LogP contribution in [0.25, 0.3) is 11.4 Å². The molecule has 2 aromatic rings. The van der Waals surface area contributed by atoms with Gasteiger partial charge < -0.3 is 0 Å². The minimum Gasteiger partial charge on any atom is -0.289 e. The summed E-state index contributed by atoms with van der Waals surface area (Å²) in [5.74, 6) is 0.714. The molecule has 0 amide bonds. The number of hydrogen-bond acceptors (Lipinski definition) is 5. The lowest BCUT2D eigenvalue weighted by Gasteiger charge is -2.12. The second-order valence-electron chi connectivity index (χ2n) is 4.58. The molecular formula is C14H17Cl2N5O. The molecule has 0 saturated heterocycles. The van der Waals surface area contributed by atoms with E-state index in [1.807, 2.05) is 13.8 Å². The molecule has 1 aromatic heterocycles. The molecule has 22 heavy (non-hydrogen) atoms. The molecule has 0 aliphatic heterocycles. The topological polar surface area (TPSA) is 71.8 Å². The number of nitrogens with one attached hydrogen (secondary N) is 2. The van der Waals surface area contributed by atoms with Crippen molar-refractivity contribution in [2.75, 3.05) is 12.0 Å². The molecule has 8 heteroatoms. The van der Waals surface area contributed by atoms with Crippen LogP contribution in [0.1, 0.15) is 20.3 Å². The molecule has 0 aliphatic rings. The highest BCUT2D eigenvalue weighted by atomic mass is 35.5. The monoisotopic (exact) mass is 341 g/mol. The molecule has 2 N–H and O–H groups in total. The first-order valence-corrected chi connectivity index (χ1v) is 7.75. The van der Waals surface area contributed by atoms with Gasteiger partial charge in [-0.05, 0) is 31.5 Å². The summed E-state index contributed by atoms with van der Waals surface area (Å²) in [6, 6.07) is 5.13. The van der Waals surface area contributed by atoms with Crippen LogP contribution < -0.4 is 16.5 Å². The van der Waals surface area contributed by atoms with Crippen molar-refractivity contribution in [3.05, 3.63) is 38.7 Å². The van der Waals surface area contributed by atoms with Crippen LogP contribution in [0.15, 0.2) is 23.0 Å². The number of aromatic nitrogens is 3. The van der Waals surface area contributed by atoms with Crippen molar-refractivity contribution >= 4 is 29.2 Å². The molecule has 0 atom stereocenters. The van der Waals surface area contributed by atoms with E-state index in [2.05, 4.69) is 20.8 Å². The number of hydrogen-bond donors (Lipinski definition) is 2. The van der Waals surface area contributed by atoms with E-state index < -0.39 is 0 Å². The van der Waals surface area contributed by atoms with Crippen LogP contribution in [0.5, 0.6) is 0 Å². The zero-order valence-corrected chi connectivity index (χ0v) is 13.9. The van der Waals surface area contributed by atoms with Gasteiger partial charge in [0.1, 0.15) is 5.82 Å². The Morgan fingerprint density at radius 1 is 1.18 bits per heavy atom. The molecule has 1 heterocycles. The lowest BCUT2D eigenvalue weighted by Crippen LogP contribution is -2.30. The van der Waals surface area contributed by atoms with Crippen molar-refractivity contribution < 1.29 is 0 Å². The Balaban J connectivity index is 2.47. The van der Waals surface area contributed by atoms with E-state index in [1.165, 1.54) is 4.57 Å². The van der Waals surface area contributed by atoms with E-state index in [0.717, 1.165) is 13.0 Å². The van der Waals surface area contributed by atoms with Crippen molar-refractivity contribution in [2.45, 2.75) is 26.8 Å². The molecule has 2 rings (SSSR count). The van der Waals surface area contributed by atoms with Crippen LogP contribution in [0.3, 0.4) is 0 Å². The summed E-state index contributed by atoms with van der Waals surface area (Å²) in [4.78, 5) is 20.4. The first kappa shape index (κ1) is 16.7. The predicted octanol–water partition coefficient (Wildman–Crippen LogP) is 2.96. The summed E-state index contributed by atoms with van der Waals surface area (Å²) < 4.78 is 1.48. The fourth-order valence-electron chi connectivity index (χ4n) is 1.89. The summed E-state index contributed by atoms with van der Waals surface area (Å²) >= 11 is 12.0. The van der Waals surface area contributed by atoms with Gasteiger partial charge in [0, 0.05) is 18.7 Å². The molecule has 6 nitrogen and oxygen atoms in total. The van der Waals surface area contributed by atoms with Crippen molar-refractivity contribution in [2.24, 2.45) is 0 Å². The number of rotatable bonds is 6. The molecule has 0 unspecified atom stereocenters. The molecular weight excluding hydrogens is 325 g/mol. The van der Waals surface area contributed by atoms with Crippen molar-refractivity contribution in [3.63, 3.8) is 0 Å². The molecule has 0 radical (unpaired) electrons. The van der Waals surface area contributed by atoms with E-state index in [0.29, 0.717) is 28.0 Å². The minimum absolute atomic E-state index is 0.226.